The van der Waals surface area contributed by atoms with Crippen molar-refractivity contribution in [1.29, 1.82) is 0 Å². The molecule has 0 saturated heterocycles. The second-order valence-electron chi connectivity index (χ2n) is 6.91. The van der Waals surface area contributed by atoms with Gasteiger partial charge in [0.15, 0.2) is 0 Å². The third kappa shape index (κ3) is 8.48. The zero-order valence-corrected chi connectivity index (χ0v) is 19.3. The maximum atomic E-state index is 11.9. The number of amides is 1. The standard InChI is InChI=1S/C18H21N5O2.C6H5F.C2H4/c1-2-25-8-7-20-16(19)5-6-17-21-11-15(22-17)12-3-4-13-10-18(24)23-14(13)9-12;7-6-4-2-1-3-5-6;1-2/h3-6,9,11H,2,7-8,10H2,1H3,(H2,19,20)(H,21,22)(H,23,24);1-5H;1-2H2/b6-5-;;. The van der Waals surface area contributed by atoms with E-state index in [4.69, 9.17) is 10.5 Å². The van der Waals surface area contributed by atoms with Gasteiger partial charge in [-0.25, -0.2) is 9.37 Å². The number of amidine groups is 1. The van der Waals surface area contributed by atoms with Gasteiger partial charge in [-0.15, -0.1) is 13.2 Å². The van der Waals surface area contributed by atoms with Crippen molar-refractivity contribution in [3.63, 3.8) is 0 Å². The predicted octanol–water partition coefficient (Wildman–Crippen LogP) is 4.61. The van der Waals surface area contributed by atoms with Crippen LogP contribution in [0, 0.1) is 5.82 Å². The SMILES string of the molecule is C=C.CCOCCN=C(N)/C=C\c1ncc(-c2ccc3c(c2)NC(=O)C3)[nH]1.Fc1ccccc1. The molecule has 1 aliphatic heterocycles. The Labute approximate surface area is 199 Å². The van der Waals surface area contributed by atoms with Crippen LogP contribution in [0.1, 0.15) is 18.3 Å². The number of fused-ring (bicyclic) bond motifs is 1. The summed E-state index contributed by atoms with van der Waals surface area (Å²) in [6.45, 7) is 9.71. The highest BCUT2D eigenvalue weighted by Crippen LogP contribution is 2.28. The molecule has 0 saturated carbocycles. The summed E-state index contributed by atoms with van der Waals surface area (Å²) in [7, 11) is 0. The maximum Gasteiger partial charge on any atom is 0.228 e. The smallest absolute Gasteiger partial charge is 0.228 e. The lowest BCUT2D eigenvalue weighted by Crippen LogP contribution is -2.10. The van der Waals surface area contributed by atoms with Crippen molar-refractivity contribution >= 4 is 23.5 Å². The van der Waals surface area contributed by atoms with Crippen molar-refractivity contribution in [2.75, 3.05) is 25.1 Å². The number of nitrogens with two attached hydrogens (primary N) is 1. The number of aromatic nitrogens is 2. The van der Waals surface area contributed by atoms with Crippen LogP contribution in [-0.2, 0) is 16.0 Å². The molecule has 0 fully saturated rings. The van der Waals surface area contributed by atoms with E-state index >= 15 is 0 Å². The van der Waals surface area contributed by atoms with E-state index in [1.807, 2.05) is 25.1 Å². The number of benzene rings is 2. The summed E-state index contributed by atoms with van der Waals surface area (Å²) < 4.78 is 17.1. The van der Waals surface area contributed by atoms with Gasteiger partial charge in [0.2, 0.25) is 5.91 Å². The van der Waals surface area contributed by atoms with Crippen molar-refractivity contribution in [3.8, 4) is 11.3 Å². The molecule has 0 unspecified atom stereocenters. The molecule has 34 heavy (non-hydrogen) atoms. The number of imidazole rings is 1. The van der Waals surface area contributed by atoms with Crippen molar-refractivity contribution < 1.29 is 13.9 Å². The molecule has 2 aromatic carbocycles. The topological polar surface area (TPSA) is 105 Å². The fraction of sp³-hybridized carbons (Fsp3) is 0.192. The number of ether oxygens (including phenoxy) is 1. The van der Waals surface area contributed by atoms with Crippen LogP contribution < -0.4 is 11.1 Å². The summed E-state index contributed by atoms with van der Waals surface area (Å²) in [6, 6.07) is 13.8. The van der Waals surface area contributed by atoms with E-state index in [0.29, 0.717) is 37.8 Å². The number of carbonyl (C=O) groups is 1. The first-order chi connectivity index (χ1) is 16.5. The van der Waals surface area contributed by atoms with Crippen molar-refractivity contribution in [2.45, 2.75) is 13.3 Å². The van der Waals surface area contributed by atoms with Crippen LogP contribution in [0.3, 0.4) is 0 Å². The zero-order valence-electron chi connectivity index (χ0n) is 19.3. The molecule has 1 aliphatic rings. The average molecular weight is 464 g/mol. The van der Waals surface area contributed by atoms with Crippen LogP contribution in [0.2, 0.25) is 0 Å². The molecule has 7 nitrogen and oxygen atoms in total. The van der Waals surface area contributed by atoms with E-state index in [2.05, 4.69) is 33.4 Å². The van der Waals surface area contributed by atoms with Crippen LogP contribution in [0.5, 0.6) is 0 Å². The normalized spacial score (nSPS) is 12.3. The molecule has 1 amide bonds. The van der Waals surface area contributed by atoms with E-state index in [1.165, 1.54) is 12.1 Å². The number of rotatable bonds is 7. The quantitative estimate of drug-likeness (QED) is 0.206. The second kappa shape index (κ2) is 14.2. The first kappa shape index (κ1) is 26.2. The molecular formula is C26H30FN5O2. The molecule has 4 N–H and O–H groups in total. The van der Waals surface area contributed by atoms with Gasteiger partial charge >= 0.3 is 0 Å². The van der Waals surface area contributed by atoms with Crippen LogP contribution in [0.25, 0.3) is 17.3 Å². The lowest BCUT2D eigenvalue weighted by molar-refractivity contribution is -0.115. The van der Waals surface area contributed by atoms with Gasteiger partial charge in [-0.3, -0.25) is 9.79 Å². The third-order valence-corrected chi connectivity index (χ3v) is 4.52. The molecule has 0 atom stereocenters. The number of nitrogens with one attached hydrogen (secondary N) is 2. The predicted molar refractivity (Wildman–Crippen MR) is 136 cm³/mol. The summed E-state index contributed by atoms with van der Waals surface area (Å²) in [5, 5.41) is 2.85. The first-order valence-electron chi connectivity index (χ1n) is 10.8. The second-order valence-corrected chi connectivity index (χ2v) is 6.91. The Kier molecular flexibility index (Phi) is 10.9. The van der Waals surface area contributed by atoms with Crippen LogP contribution in [0.15, 0.2) is 79.0 Å². The number of anilines is 1. The molecule has 0 radical (unpaired) electrons. The number of H-pyrrole nitrogens is 1. The fourth-order valence-electron chi connectivity index (χ4n) is 2.97. The molecule has 0 spiro atoms. The Bertz CT molecular complexity index is 1110. The molecule has 4 rings (SSSR count). The van der Waals surface area contributed by atoms with Gasteiger partial charge in [-0.1, -0.05) is 30.3 Å². The van der Waals surface area contributed by atoms with Crippen LogP contribution >= 0.6 is 0 Å². The van der Waals surface area contributed by atoms with E-state index < -0.39 is 0 Å². The Morgan fingerprint density at radius 3 is 2.71 bits per heavy atom. The molecular weight excluding hydrogens is 433 g/mol. The van der Waals surface area contributed by atoms with E-state index in [0.717, 1.165) is 22.5 Å². The monoisotopic (exact) mass is 463 g/mol. The Morgan fingerprint density at radius 1 is 1.26 bits per heavy atom. The van der Waals surface area contributed by atoms with Gasteiger partial charge in [-0.2, -0.15) is 0 Å². The van der Waals surface area contributed by atoms with Gasteiger partial charge in [0, 0.05) is 17.9 Å². The van der Waals surface area contributed by atoms with Gasteiger partial charge < -0.3 is 20.8 Å². The number of nitrogens with zero attached hydrogens (tertiary/aromatic N) is 2. The number of carbonyl (C=O) groups excluding carboxylic acids is 1. The molecule has 3 aromatic rings. The molecule has 0 aliphatic carbocycles. The minimum atomic E-state index is -0.178. The highest BCUT2D eigenvalue weighted by atomic mass is 19.1. The molecule has 1 aromatic heterocycles. The fourth-order valence-corrected chi connectivity index (χ4v) is 2.97. The first-order valence-corrected chi connectivity index (χ1v) is 10.8. The summed E-state index contributed by atoms with van der Waals surface area (Å²) >= 11 is 0. The molecule has 0 bridgehead atoms. The van der Waals surface area contributed by atoms with Crippen LogP contribution in [-0.4, -0.2) is 41.5 Å². The molecule has 178 valence electrons. The molecule has 8 heteroatoms. The van der Waals surface area contributed by atoms with Crippen molar-refractivity contribution in [2.24, 2.45) is 10.7 Å². The largest absolute Gasteiger partial charge is 0.384 e. The summed E-state index contributed by atoms with van der Waals surface area (Å²) in [4.78, 5) is 23.2. The average Bonchev–Trinajstić information content (AvgIpc) is 3.48. The summed E-state index contributed by atoms with van der Waals surface area (Å²) in [5.41, 5.74) is 9.54. The van der Waals surface area contributed by atoms with Gasteiger partial charge in [0.25, 0.3) is 0 Å². The van der Waals surface area contributed by atoms with Gasteiger partial charge in [-0.05, 0) is 42.8 Å². The molecule has 2 heterocycles. The Balaban J connectivity index is 0.000000384. The van der Waals surface area contributed by atoms with Crippen molar-refractivity contribution in [3.05, 3.63) is 91.2 Å². The maximum absolute atomic E-state index is 11.9. The van der Waals surface area contributed by atoms with E-state index in [1.54, 1.807) is 36.5 Å². The lowest BCUT2D eigenvalue weighted by atomic mass is 10.1. The number of hydrogen-bond donors (Lipinski definition) is 3. The highest BCUT2D eigenvalue weighted by Gasteiger charge is 2.18. The highest BCUT2D eigenvalue weighted by molar-refractivity contribution is 6.00. The lowest BCUT2D eigenvalue weighted by Gasteiger charge is -2.02. The minimum absolute atomic E-state index is 0.0273. The summed E-state index contributed by atoms with van der Waals surface area (Å²) in [5.74, 6) is 0.961. The van der Waals surface area contributed by atoms with Gasteiger partial charge in [0.1, 0.15) is 17.5 Å². The van der Waals surface area contributed by atoms with Crippen LogP contribution in [0.4, 0.5) is 10.1 Å². The number of hydrogen-bond acceptors (Lipinski definition) is 4. The minimum Gasteiger partial charge on any atom is -0.384 e. The number of aliphatic imine (C=N–C) groups is 1. The summed E-state index contributed by atoms with van der Waals surface area (Å²) in [6.07, 6.45) is 5.67. The van der Waals surface area contributed by atoms with E-state index in [9.17, 15) is 9.18 Å². The van der Waals surface area contributed by atoms with E-state index in [-0.39, 0.29) is 11.7 Å². The van der Waals surface area contributed by atoms with Gasteiger partial charge in [0.05, 0.1) is 31.5 Å². The zero-order chi connectivity index (χ0) is 24.8. The van der Waals surface area contributed by atoms with Crippen molar-refractivity contribution in [1.82, 2.24) is 9.97 Å². The Morgan fingerprint density at radius 2 is 2.03 bits per heavy atom. The number of halogens is 1. The number of aromatic amines is 1. The third-order valence-electron chi connectivity index (χ3n) is 4.52. The Hall–Kier alpha value is -4.04.